The van der Waals surface area contributed by atoms with Crippen molar-refractivity contribution >= 4 is 11.8 Å². The lowest BCUT2D eigenvalue weighted by molar-refractivity contribution is 0.431. The molecule has 1 fully saturated rings. The molecule has 0 atom stereocenters. The van der Waals surface area contributed by atoms with Gasteiger partial charge in [0.05, 0.1) is 5.69 Å². The number of benzene rings is 1. The van der Waals surface area contributed by atoms with E-state index >= 15 is 0 Å². The van der Waals surface area contributed by atoms with Crippen molar-refractivity contribution in [3.05, 3.63) is 41.3 Å². The minimum Gasteiger partial charge on any atom is -0.436 e. The fraction of sp³-hybridized carbons (Fsp3) is 0.400. The highest BCUT2D eigenvalue weighted by Gasteiger charge is 2.19. The van der Waals surface area contributed by atoms with Gasteiger partial charge in [-0.15, -0.1) is 0 Å². The first kappa shape index (κ1) is 12.8. The van der Waals surface area contributed by atoms with Crippen molar-refractivity contribution in [2.45, 2.75) is 49.4 Å². The van der Waals surface area contributed by atoms with Crippen LogP contribution in [0.25, 0.3) is 0 Å². The van der Waals surface area contributed by atoms with Gasteiger partial charge in [-0.25, -0.2) is 4.98 Å². The van der Waals surface area contributed by atoms with Gasteiger partial charge in [-0.2, -0.15) is 0 Å². The van der Waals surface area contributed by atoms with Gasteiger partial charge in [0.15, 0.2) is 0 Å². The van der Waals surface area contributed by atoms with E-state index in [1.165, 1.54) is 18.4 Å². The second-order valence-electron chi connectivity index (χ2n) is 5.02. The number of hydrogen-bond donors (Lipinski definition) is 1. The predicted molar refractivity (Wildman–Crippen MR) is 76.4 cm³/mol. The number of aryl methyl sites for hydroxylation is 2. The number of rotatable bonds is 5. The van der Waals surface area contributed by atoms with Crippen LogP contribution in [-0.2, 0) is 6.54 Å². The Kier molecular flexibility index (Phi) is 3.62. The number of nitrogens with zero attached hydrogens (tertiary/aromatic N) is 1. The minimum atomic E-state index is 0.721. The predicted octanol–water partition coefficient (Wildman–Crippen LogP) is 3.69. The number of aromatic nitrogens is 1. The summed E-state index contributed by atoms with van der Waals surface area (Å²) in [5.41, 5.74) is 2.30. The summed E-state index contributed by atoms with van der Waals surface area (Å²) in [6, 6.07) is 9.35. The van der Waals surface area contributed by atoms with Gasteiger partial charge < -0.3 is 9.73 Å². The van der Waals surface area contributed by atoms with Crippen molar-refractivity contribution in [2.75, 3.05) is 0 Å². The van der Waals surface area contributed by atoms with E-state index in [2.05, 4.69) is 34.6 Å². The van der Waals surface area contributed by atoms with Crippen LogP contribution in [0.2, 0.25) is 0 Å². The van der Waals surface area contributed by atoms with Crippen molar-refractivity contribution < 1.29 is 4.42 Å². The molecule has 1 aromatic heterocycles. The molecule has 100 valence electrons. The Bertz CT molecular complexity index is 539. The van der Waals surface area contributed by atoms with Crippen LogP contribution in [-0.4, -0.2) is 11.0 Å². The van der Waals surface area contributed by atoms with Crippen LogP contribution in [0.3, 0.4) is 0 Å². The average molecular weight is 274 g/mol. The summed E-state index contributed by atoms with van der Waals surface area (Å²) in [6.07, 6.45) is 2.66. The Morgan fingerprint density at radius 3 is 2.58 bits per heavy atom. The molecule has 19 heavy (non-hydrogen) atoms. The van der Waals surface area contributed by atoms with E-state index in [0.29, 0.717) is 0 Å². The third kappa shape index (κ3) is 3.39. The van der Waals surface area contributed by atoms with Gasteiger partial charge in [0.1, 0.15) is 5.76 Å². The van der Waals surface area contributed by atoms with E-state index < -0.39 is 0 Å². The van der Waals surface area contributed by atoms with Gasteiger partial charge in [-0.1, -0.05) is 12.1 Å². The molecule has 0 radical (unpaired) electrons. The van der Waals surface area contributed by atoms with Crippen molar-refractivity contribution in [1.82, 2.24) is 10.3 Å². The molecule has 0 saturated heterocycles. The summed E-state index contributed by atoms with van der Waals surface area (Å²) in [7, 11) is 0. The molecule has 0 bridgehead atoms. The zero-order valence-corrected chi connectivity index (χ0v) is 12.1. The summed E-state index contributed by atoms with van der Waals surface area (Å²) in [5, 5.41) is 4.24. The first-order valence-corrected chi connectivity index (χ1v) is 7.46. The Balaban J connectivity index is 1.61. The Morgan fingerprint density at radius 1 is 1.26 bits per heavy atom. The lowest BCUT2D eigenvalue weighted by Crippen LogP contribution is -2.14. The average Bonchev–Trinajstić information content (AvgIpc) is 3.16. The molecule has 0 aliphatic heterocycles. The van der Waals surface area contributed by atoms with Crippen LogP contribution in [0.5, 0.6) is 0 Å². The molecule has 0 unspecified atom stereocenters. The van der Waals surface area contributed by atoms with E-state index in [9.17, 15) is 0 Å². The van der Waals surface area contributed by atoms with E-state index in [1.54, 1.807) is 11.8 Å². The SMILES string of the molecule is Cc1nc(Sc2ccc(CNC3CC3)cc2)oc1C. The maximum Gasteiger partial charge on any atom is 0.260 e. The zero-order chi connectivity index (χ0) is 13.2. The van der Waals surface area contributed by atoms with Crippen LogP contribution >= 0.6 is 11.8 Å². The van der Waals surface area contributed by atoms with Gasteiger partial charge >= 0.3 is 0 Å². The van der Waals surface area contributed by atoms with Crippen LogP contribution in [0.4, 0.5) is 0 Å². The molecule has 0 amide bonds. The molecule has 1 N–H and O–H groups in total. The van der Waals surface area contributed by atoms with Gasteiger partial charge in [0.25, 0.3) is 5.22 Å². The topological polar surface area (TPSA) is 38.1 Å². The van der Waals surface area contributed by atoms with Crippen molar-refractivity contribution in [1.29, 1.82) is 0 Å². The molecule has 1 saturated carbocycles. The molecule has 2 aromatic rings. The zero-order valence-electron chi connectivity index (χ0n) is 11.3. The molecule has 1 heterocycles. The molecule has 3 nitrogen and oxygen atoms in total. The number of hydrogen-bond acceptors (Lipinski definition) is 4. The largest absolute Gasteiger partial charge is 0.436 e. The molecule has 3 rings (SSSR count). The van der Waals surface area contributed by atoms with Crippen molar-refractivity contribution in [3.63, 3.8) is 0 Å². The fourth-order valence-electron chi connectivity index (χ4n) is 1.81. The lowest BCUT2D eigenvalue weighted by atomic mass is 10.2. The van der Waals surface area contributed by atoms with Crippen LogP contribution in [0, 0.1) is 13.8 Å². The Hall–Kier alpha value is -1.26. The maximum absolute atomic E-state index is 5.58. The smallest absolute Gasteiger partial charge is 0.260 e. The Morgan fingerprint density at radius 2 is 2.00 bits per heavy atom. The molecular weight excluding hydrogens is 256 g/mol. The standard InChI is InChI=1S/C15H18N2OS/c1-10-11(2)18-15(17-10)19-14-7-3-12(4-8-14)9-16-13-5-6-13/h3-4,7-8,13,16H,5-6,9H2,1-2H3. The summed E-state index contributed by atoms with van der Waals surface area (Å²) in [6.45, 7) is 4.88. The second kappa shape index (κ2) is 5.39. The third-order valence-corrected chi connectivity index (χ3v) is 4.17. The molecule has 0 spiro atoms. The van der Waals surface area contributed by atoms with Crippen molar-refractivity contribution in [2.24, 2.45) is 0 Å². The van der Waals surface area contributed by atoms with Gasteiger partial charge in [-0.3, -0.25) is 0 Å². The van der Waals surface area contributed by atoms with Gasteiger partial charge in [0, 0.05) is 17.5 Å². The highest BCUT2D eigenvalue weighted by Crippen LogP contribution is 2.28. The van der Waals surface area contributed by atoms with Gasteiger partial charge in [-0.05, 0) is 56.1 Å². The van der Waals surface area contributed by atoms with Crippen LogP contribution < -0.4 is 5.32 Å². The molecular formula is C15H18N2OS. The molecule has 1 aliphatic rings. The summed E-state index contributed by atoms with van der Waals surface area (Å²) < 4.78 is 5.58. The summed E-state index contributed by atoms with van der Waals surface area (Å²) in [5.74, 6) is 0.896. The van der Waals surface area contributed by atoms with E-state index in [4.69, 9.17) is 4.42 Å². The number of nitrogens with one attached hydrogen (secondary N) is 1. The van der Waals surface area contributed by atoms with E-state index in [0.717, 1.165) is 34.2 Å². The second-order valence-corrected chi connectivity index (χ2v) is 6.05. The third-order valence-electron chi connectivity index (χ3n) is 3.31. The number of oxazole rings is 1. The quantitative estimate of drug-likeness (QED) is 0.902. The fourth-order valence-corrected chi connectivity index (χ4v) is 2.64. The minimum absolute atomic E-state index is 0.721. The van der Waals surface area contributed by atoms with Crippen LogP contribution in [0.15, 0.2) is 38.8 Å². The first-order valence-electron chi connectivity index (χ1n) is 6.65. The molecule has 4 heteroatoms. The van der Waals surface area contributed by atoms with Crippen LogP contribution in [0.1, 0.15) is 29.9 Å². The Labute approximate surface area is 117 Å². The van der Waals surface area contributed by atoms with Crippen molar-refractivity contribution in [3.8, 4) is 0 Å². The highest BCUT2D eigenvalue weighted by molar-refractivity contribution is 7.99. The summed E-state index contributed by atoms with van der Waals surface area (Å²) >= 11 is 1.57. The van der Waals surface area contributed by atoms with E-state index in [-0.39, 0.29) is 0 Å². The van der Waals surface area contributed by atoms with Gasteiger partial charge in [0.2, 0.25) is 0 Å². The normalized spacial score (nSPS) is 14.8. The highest BCUT2D eigenvalue weighted by atomic mass is 32.2. The lowest BCUT2D eigenvalue weighted by Gasteiger charge is -2.03. The molecule has 1 aliphatic carbocycles. The molecule has 1 aromatic carbocycles. The first-order chi connectivity index (χ1) is 9.20. The van der Waals surface area contributed by atoms with E-state index in [1.807, 2.05) is 13.8 Å². The monoisotopic (exact) mass is 274 g/mol. The summed E-state index contributed by atoms with van der Waals surface area (Å²) in [4.78, 5) is 5.54. The maximum atomic E-state index is 5.58.